The summed E-state index contributed by atoms with van der Waals surface area (Å²) in [5.74, 6) is 0.241. The Bertz CT molecular complexity index is 351. The van der Waals surface area contributed by atoms with Crippen LogP contribution in [0.15, 0.2) is 0 Å². The smallest absolute Gasteiger partial charge is 0.275 e. The second kappa shape index (κ2) is 3.42. The van der Waals surface area contributed by atoms with Gasteiger partial charge in [-0.3, -0.25) is 10.6 Å². The first kappa shape index (κ1) is 8.03. The summed E-state index contributed by atoms with van der Waals surface area (Å²) in [6, 6.07) is -0.567. The number of aromatic amines is 2. The van der Waals surface area contributed by atoms with E-state index in [4.69, 9.17) is 0 Å². The molecule has 2 aromatic rings. The molecule has 0 spiro atoms. The molecule has 2 aromatic heterocycles. The predicted molar refractivity (Wildman–Crippen MR) is 41.0 cm³/mol. The largest absolute Gasteiger partial charge is 0.328 e. The van der Waals surface area contributed by atoms with Gasteiger partial charge in [0, 0.05) is 0 Å². The van der Waals surface area contributed by atoms with Crippen LogP contribution < -0.4 is 10.6 Å². The molecule has 14 heavy (non-hydrogen) atoms. The van der Waals surface area contributed by atoms with E-state index in [1.54, 1.807) is 0 Å². The molecule has 11 nitrogen and oxygen atoms in total. The minimum atomic E-state index is -0.567. The number of amides is 2. The number of anilines is 2. The number of hydrogen-bond donors (Lipinski definition) is 4. The highest BCUT2D eigenvalue weighted by atomic mass is 16.2. The van der Waals surface area contributed by atoms with Crippen molar-refractivity contribution in [1.82, 2.24) is 41.2 Å². The first-order valence-electron chi connectivity index (χ1n) is 3.40. The quantitative estimate of drug-likeness (QED) is 0.449. The lowest BCUT2D eigenvalue weighted by atomic mass is 10.8. The highest BCUT2D eigenvalue weighted by Gasteiger charge is 2.06. The Labute approximate surface area is 75.7 Å². The van der Waals surface area contributed by atoms with Crippen LogP contribution in [0.1, 0.15) is 0 Å². The number of carbonyl (C=O) groups is 1. The van der Waals surface area contributed by atoms with Gasteiger partial charge in [-0.15, -0.1) is 0 Å². The number of nitrogens with zero attached hydrogens (tertiary/aromatic N) is 6. The van der Waals surface area contributed by atoms with E-state index in [2.05, 4.69) is 51.9 Å². The summed E-state index contributed by atoms with van der Waals surface area (Å²) in [7, 11) is 0. The first-order chi connectivity index (χ1) is 6.84. The number of carbonyl (C=O) groups excluding carboxylic acids is 1. The highest BCUT2D eigenvalue weighted by Crippen LogP contribution is 1.94. The summed E-state index contributed by atoms with van der Waals surface area (Å²) in [6.07, 6.45) is 0. The maximum Gasteiger partial charge on any atom is 0.328 e. The van der Waals surface area contributed by atoms with E-state index in [1.807, 2.05) is 0 Å². The Hall–Kier alpha value is -2.59. The summed E-state index contributed by atoms with van der Waals surface area (Å²) in [5, 5.41) is 29.2. The van der Waals surface area contributed by atoms with Crippen LogP contribution in [-0.4, -0.2) is 47.3 Å². The average Bonchev–Trinajstić information content (AvgIpc) is 2.76. The van der Waals surface area contributed by atoms with E-state index in [0.29, 0.717) is 0 Å². The highest BCUT2D eigenvalue weighted by molar-refractivity contribution is 5.97. The van der Waals surface area contributed by atoms with E-state index in [0.717, 1.165) is 0 Å². The van der Waals surface area contributed by atoms with Crippen molar-refractivity contribution in [2.45, 2.75) is 0 Å². The van der Waals surface area contributed by atoms with Crippen molar-refractivity contribution in [3.63, 3.8) is 0 Å². The summed E-state index contributed by atoms with van der Waals surface area (Å²) in [6.45, 7) is 0. The third kappa shape index (κ3) is 1.77. The molecule has 0 aliphatic heterocycles. The third-order valence-electron chi connectivity index (χ3n) is 1.15. The van der Waals surface area contributed by atoms with Crippen molar-refractivity contribution in [3.8, 4) is 0 Å². The summed E-state index contributed by atoms with van der Waals surface area (Å²) >= 11 is 0. The second-order valence-electron chi connectivity index (χ2n) is 2.08. The average molecular weight is 196 g/mol. The fourth-order valence-electron chi connectivity index (χ4n) is 0.671. The van der Waals surface area contributed by atoms with Gasteiger partial charge in [-0.1, -0.05) is 10.2 Å². The van der Waals surface area contributed by atoms with Crippen molar-refractivity contribution in [2.24, 2.45) is 0 Å². The van der Waals surface area contributed by atoms with E-state index >= 15 is 0 Å². The molecule has 0 bridgehead atoms. The van der Waals surface area contributed by atoms with Crippen LogP contribution in [0.2, 0.25) is 0 Å². The van der Waals surface area contributed by atoms with Gasteiger partial charge < -0.3 is 0 Å². The number of aromatic nitrogens is 8. The molecule has 0 unspecified atom stereocenters. The van der Waals surface area contributed by atoms with Crippen molar-refractivity contribution in [3.05, 3.63) is 0 Å². The van der Waals surface area contributed by atoms with E-state index in [1.165, 1.54) is 0 Å². The second-order valence-corrected chi connectivity index (χ2v) is 2.08. The molecule has 72 valence electrons. The molecule has 0 saturated carbocycles. The molecular formula is C3H4N10O. The lowest BCUT2D eigenvalue weighted by Gasteiger charge is -1.98. The summed E-state index contributed by atoms with van der Waals surface area (Å²) < 4.78 is 0. The molecular weight excluding hydrogens is 192 g/mol. The third-order valence-corrected chi connectivity index (χ3v) is 1.15. The Morgan fingerprint density at radius 1 is 1.00 bits per heavy atom. The molecule has 0 atom stereocenters. The van der Waals surface area contributed by atoms with Crippen molar-refractivity contribution in [1.29, 1.82) is 0 Å². The normalized spacial score (nSPS) is 9.71. The van der Waals surface area contributed by atoms with Gasteiger partial charge in [0.15, 0.2) is 0 Å². The number of urea groups is 1. The van der Waals surface area contributed by atoms with Crippen molar-refractivity contribution >= 4 is 17.9 Å². The van der Waals surface area contributed by atoms with Crippen molar-refractivity contribution < 1.29 is 4.79 Å². The number of rotatable bonds is 2. The molecule has 0 aliphatic rings. The molecule has 2 amide bonds. The van der Waals surface area contributed by atoms with Crippen LogP contribution in [0, 0.1) is 0 Å². The molecule has 0 fully saturated rings. The lowest BCUT2D eigenvalue weighted by Crippen LogP contribution is -2.21. The van der Waals surface area contributed by atoms with Gasteiger partial charge in [-0.05, 0) is 20.9 Å². The first-order valence-corrected chi connectivity index (χ1v) is 3.40. The van der Waals surface area contributed by atoms with Crippen LogP contribution in [0.3, 0.4) is 0 Å². The number of hydrogen-bond acceptors (Lipinski definition) is 7. The lowest BCUT2D eigenvalue weighted by molar-refractivity contribution is 0.262. The maximum absolute atomic E-state index is 11.1. The van der Waals surface area contributed by atoms with Gasteiger partial charge in [0.2, 0.25) is 11.9 Å². The maximum atomic E-state index is 11.1. The van der Waals surface area contributed by atoms with Crippen molar-refractivity contribution in [2.75, 3.05) is 10.6 Å². The summed E-state index contributed by atoms with van der Waals surface area (Å²) in [4.78, 5) is 11.1. The molecule has 11 heteroatoms. The van der Waals surface area contributed by atoms with Gasteiger partial charge in [0.1, 0.15) is 0 Å². The van der Waals surface area contributed by atoms with Gasteiger partial charge in [-0.2, -0.15) is 0 Å². The Balaban J connectivity index is 1.91. The van der Waals surface area contributed by atoms with Crippen LogP contribution in [0.5, 0.6) is 0 Å². The Kier molecular flexibility index (Phi) is 1.96. The SMILES string of the molecule is O=C(Nc1nnn[nH]1)Nc1nnn[nH]1. The molecule has 4 N–H and O–H groups in total. The van der Waals surface area contributed by atoms with Crippen LogP contribution in [0.25, 0.3) is 0 Å². The zero-order valence-corrected chi connectivity index (χ0v) is 6.59. The Morgan fingerprint density at radius 2 is 1.50 bits per heavy atom. The van der Waals surface area contributed by atoms with Crippen LogP contribution in [-0.2, 0) is 0 Å². The zero-order chi connectivity index (χ0) is 9.80. The molecule has 2 heterocycles. The predicted octanol–water partition coefficient (Wildman–Crippen LogP) is -1.64. The van der Waals surface area contributed by atoms with Gasteiger partial charge in [-0.25, -0.2) is 15.0 Å². The van der Waals surface area contributed by atoms with Gasteiger partial charge >= 0.3 is 6.03 Å². The van der Waals surface area contributed by atoms with Crippen LogP contribution in [0.4, 0.5) is 16.7 Å². The number of tetrazole rings is 2. The minimum absolute atomic E-state index is 0.120. The number of H-pyrrole nitrogens is 2. The Morgan fingerprint density at radius 3 is 1.86 bits per heavy atom. The molecule has 2 rings (SSSR count). The zero-order valence-electron chi connectivity index (χ0n) is 6.59. The topological polar surface area (TPSA) is 150 Å². The fraction of sp³-hybridized carbons (Fsp3) is 0. The molecule has 0 aliphatic carbocycles. The minimum Gasteiger partial charge on any atom is -0.275 e. The van der Waals surface area contributed by atoms with E-state index < -0.39 is 6.03 Å². The summed E-state index contributed by atoms with van der Waals surface area (Å²) in [5.41, 5.74) is 0. The van der Waals surface area contributed by atoms with E-state index in [9.17, 15) is 4.79 Å². The van der Waals surface area contributed by atoms with Gasteiger partial charge in [0.05, 0.1) is 0 Å². The molecule has 0 aromatic carbocycles. The monoisotopic (exact) mass is 196 g/mol. The van der Waals surface area contributed by atoms with Gasteiger partial charge in [0.25, 0.3) is 0 Å². The number of nitrogens with one attached hydrogen (secondary N) is 4. The standard InChI is InChI=1S/C3H4N10O/c14-3(4-1-6-10-11-7-1)5-2-8-12-13-9-2/h(H4,4,5,6,7,8,9,10,11,12,13,14). The molecule has 0 saturated heterocycles. The fourth-order valence-corrected chi connectivity index (χ4v) is 0.671. The molecule has 0 radical (unpaired) electrons. The van der Waals surface area contributed by atoms with Crippen LogP contribution >= 0.6 is 0 Å². The van der Waals surface area contributed by atoms with E-state index in [-0.39, 0.29) is 11.9 Å².